The van der Waals surface area contributed by atoms with E-state index in [0.29, 0.717) is 11.6 Å². The van der Waals surface area contributed by atoms with Crippen LogP contribution in [0, 0.1) is 6.92 Å². The van der Waals surface area contributed by atoms with Gasteiger partial charge in [0.1, 0.15) is 15.6 Å². The van der Waals surface area contributed by atoms with Crippen LogP contribution in [-0.2, 0) is 0 Å². The Morgan fingerprint density at radius 1 is 1.33 bits per heavy atom. The summed E-state index contributed by atoms with van der Waals surface area (Å²) in [6, 6.07) is 0. The fourth-order valence-electron chi connectivity index (χ4n) is 1.39. The SMILES string of the molecule is CNc1nc(Sc2nnc(C)s2)c2[nH]cnc2n1. The molecule has 92 valence electrons. The molecule has 3 heterocycles. The Kier molecular flexibility index (Phi) is 2.84. The van der Waals surface area contributed by atoms with Crippen molar-refractivity contribution in [3.63, 3.8) is 0 Å². The number of hydrogen-bond acceptors (Lipinski definition) is 8. The number of fused-ring (bicyclic) bond motifs is 1. The van der Waals surface area contributed by atoms with Gasteiger partial charge < -0.3 is 10.3 Å². The Bertz CT molecular complexity index is 689. The largest absolute Gasteiger partial charge is 0.357 e. The summed E-state index contributed by atoms with van der Waals surface area (Å²) in [5.74, 6) is 0.540. The van der Waals surface area contributed by atoms with Crippen LogP contribution in [0.2, 0.25) is 0 Å². The zero-order valence-corrected chi connectivity index (χ0v) is 11.3. The third kappa shape index (κ3) is 2.02. The molecule has 0 amide bonds. The van der Waals surface area contributed by atoms with Crippen LogP contribution in [0.5, 0.6) is 0 Å². The molecule has 0 aliphatic heterocycles. The molecule has 3 aromatic rings. The predicted molar refractivity (Wildman–Crippen MR) is 70.0 cm³/mol. The van der Waals surface area contributed by atoms with Crippen LogP contribution in [0.15, 0.2) is 15.7 Å². The maximum absolute atomic E-state index is 4.40. The summed E-state index contributed by atoms with van der Waals surface area (Å²) < 4.78 is 0.851. The van der Waals surface area contributed by atoms with Crippen LogP contribution >= 0.6 is 23.1 Å². The Hall–Kier alpha value is -1.74. The van der Waals surface area contributed by atoms with Gasteiger partial charge >= 0.3 is 0 Å². The standard InChI is InChI=1S/C9H9N7S2/c1-4-15-16-9(17-4)18-7-5-6(12-3-11-5)13-8(10-2)14-7/h3H,1-2H3,(H2,10,11,12,13,14). The van der Waals surface area contributed by atoms with Gasteiger partial charge in [0.2, 0.25) is 5.95 Å². The molecule has 0 saturated heterocycles. The number of aromatic amines is 1. The molecule has 0 aliphatic rings. The van der Waals surface area contributed by atoms with E-state index >= 15 is 0 Å². The summed E-state index contributed by atoms with van der Waals surface area (Å²) in [6.45, 7) is 1.92. The van der Waals surface area contributed by atoms with Gasteiger partial charge in [0.25, 0.3) is 0 Å². The second kappa shape index (κ2) is 4.50. The van der Waals surface area contributed by atoms with Crippen LogP contribution in [0.4, 0.5) is 5.95 Å². The van der Waals surface area contributed by atoms with E-state index in [4.69, 9.17) is 0 Å². The highest BCUT2D eigenvalue weighted by Gasteiger charge is 2.12. The first-order valence-electron chi connectivity index (χ1n) is 5.13. The summed E-state index contributed by atoms with van der Waals surface area (Å²) in [4.78, 5) is 15.8. The van der Waals surface area contributed by atoms with Crippen molar-refractivity contribution in [2.45, 2.75) is 16.3 Å². The molecule has 2 N–H and O–H groups in total. The Labute approximate surface area is 110 Å². The molecule has 0 radical (unpaired) electrons. The minimum atomic E-state index is 0.540. The molecule has 9 heteroatoms. The van der Waals surface area contributed by atoms with Crippen molar-refractivity contribution in [3.05, 3.63) is 11.3 Å². The Morgan fingerprint density at radius 2 is 2.22 bits per heavy atom. The molecule has 18 heavy (non-hydrogen) atoms. The van der Waals surface area contributed by atoms with Gasteiger partial charge in [0.05, 0.1) is 6.33 Å². The van der Waals surface area contributed by atoms with Crippen molar-refractivity contribution < 1.29 is 0 Å². The molecule has 0 unspecified atom stereocenters. The van der Waals surface area contributed by atoms with Gasteiger partial charge in [-0.15, -0.1) is 10.2 Å². The van der Waals surface area contributed by atoms with Crippen molar-refractivity contribution in [2.75, 3.05) is 12.4 Å². The first kappa shape index (κ1) is 11.4. The number of aryl methyl sites for hydroxylation is 1. The molecule has 3 rings (SSSR count). The van der Waals surface area contributed by atoms with E-state index < -0.39 is 0 Å². The van der Waals surface area contributed by atoms with E-state index in [9.17, 15) is 0 Å². The number of hydrogen-bond donors (Lipinski definition) is 2. The smallest absolute Gasteiger partial charge is 0.225 e. The van der Waals surface area contributed by atoms with Crippen molar-refractivity contribution >= 4 is 40.2 Å². The number of aromatic nitrogens is 6. The fourth-order valence-corrected chi connectivity index (χ4v) is 3.21. The van der Waals surface area contributed by atoms with Gasteiger partial charge in [0.15, 0.2) is 9.99 Å². The summed E-state index contributed by atoms with van der Waals surface area (Å²) in [6.07, 6.45) is 1.61. The molecule has 0 atom stereocenters. The molecule has 0 bridgehead atoms. The van der Waals surface area contributed by atoms with E-state index in [2.05, 4.69) is 35.5 Å². The summed E-state index contributed by atoms with van der Waals surface area (Å²) in [5.41, 5.74) is 1.45. The number of rotatable bonds is 3. The molecule has 7 nitrogen and oxygen atoms in total. The molecular weight excluding hydrogens is 270 g/mol. The highest BCUT2D eigenvalue weighted by atomic mass is 32.2. The quantitative estimate of drug-likeness (QED) is 0.705. The number of H-pyrrole nitrogens is 1. The maximum Gasteiger partial charge on any atom is 0.225 e. The summed E-state index contributed by atoms with van der Waals surface area (Å²) in [5, 5.41) is 12.7. The van der Waals surface area contributed by atoms with Crippen molar-refractivity contribution in [1.29, 1.82) is 0 Å². The predicted octanol–water partition coefficient (Wildman–Crippen LogP) is 1.71. The van der Waals surface area contributed by atoms with Crippen molar-refractivity contribution in [1.82, 2.24) is 30.1 Å². The Morgan fingerprint density at radius 3 is 2.94 bits per heavy atom. The van der Waals surface area contributed by atoms with E-state index in [-0.39, 0.29) is 0 Å². The molecule has 0 spiro atoms. The van der Waals surface area contributed by atoms with Crippen LogP contribution in [0.3, 0.4) is 0 Å². The van der Waals surface area contributed by atoms with Gasteiger partial charge in [-0.05, 0) is 18.7 Å². The van der Waals surface area contributed by atoms with Gasteiger partial charge in [-0.1, -0.05) is 11.3 Å². The normalized spacial score (nSPS) is 11.0. The second-order valence-corrected chi connectivity index (χ2v) is 5.81. The molecule has 0 saturated carbocycles. The average Bonchev–Trinajstić information content (AvgIpc) is 2.98. The molecule has 3 aromatic heterocycles. The lowest BCUT2D eigenvalue weighted by Gasteiger charge is -2.02. The maximum atomic E-state index is 4.40. The first-order chi connectivity index (χ1) is 8.76. The van der Waals surface area contributed by atoms with Crippen LogP contribution in [-0.4, -0.2) is 37.2 Å². The highest BCUT2D eigenvalue weighted by molar-refractivity contribution is 8.01. The lowest BCUT2D eigenvalue weighted by Crippen LogP contribution is -1.98. The topological polar surface area (TPSA) is 92.3 Å². The van der Waals surface area contributed by atoms with E-state index in [1.807, 2.05) is 6.92 Å². The fraction of sp³-hybridized carbons (Fsp3) is 0.222. The minimum absolute atomic E-state index is 0.540. The van der Waals surface area contributed by atoms with Crippen molar-refractivity contribution in [2.24, 2.45) is 0 Å². The zero-order valence-electron chi connectivity index (χ0n) is 9.63. The summed E-state index contributed by atoms with van der Waals surface area (Å²) >= 11 is 2.99. The average molecular weight is 279 g/mol. The number of nitrogens with zero attached hydrogens (tertiary/aromatic N) is 5. The third-order valence-corrected chi connectivity index (χ3v) is 4.05. The van der Waals surface area contributed by atoms with Crippen LogP contribution in [0.25, 0.3) is 11.2 Å². The monoisotopic (exact) mass is 279 g/mol. The van der Waals surface area contributed by atoms with Crippen LogP contribution < -0.4 is 5.32 Å². The molecule has 0 fully saturated rings. The highest BCUT2D eigenvalue weighted by Crippen LogP contribution is 2.32. The van der Waals surface area contributed by atoms with Gasteiger partial charge in [0, 0.05) is 7.05 Å². The molecular formula is C9H9N7S2. The first-order valence-corrected chi connectivity index (χ1v) is 6.76. The Balaban J connectivity index is 2.06. The second-order valence-electron chi connectivity index (χ2n) is 3.39. The lowest BCUT2D eigenvalue weighted by atomic mass is 10.5. The minimum Gasteiger partial charge on any atom is -0.357 e. The van der Waals surface area contributed by atoms with Gasteiger partial charge in [-0.25, -0.2) is 9.97 Å². The van der Waals surface area contributed by atoms with Gasteiger partial charge in [-0.2, -0.15) is 4.98 Å². The van der Waals surface area contributed by atoms with Crippen LogP contribution in [0.1, 0.15) is 5.01 Å². The van der Waals surface area contributed by atoms with Gasteiger partial charge in [-0.3, -0.25) is 0 Å². The molecule has 0 aliphatic carbocycles. The zero-order chi connectivity index (χ0) is 12.5. The molecule has 0 aromatic carbocycles. The number of anilines is 1. The van der Waals surface area contributed by atoms with E-state index in [1.165, 1.54) is 23.1 Å². The third-order valence-electron chi connectivity index (χ3n) is 2.17. The van der Waals surface area contributed by atoms with E-state index in [0.717, 1.165) is 19.9 Å². The number of nitrogens with one attached hydrogen (secondary N) is 2. The summed E-state index contributed by atoms with van der Waals surface area (Å²) in [7, 11) is 1.78. The lowest BCUT2D eigenvalue weighted by molar-refractivity contribution is 0.980. The van der Waals surface area contributed by atoms with E-state index in [1.54, 1.807) is 13.4 Å². The van der Waals surface area contributed by atoms with Crippen molar-refractivity contribution in [3.8, 4) is 0 Å². The number of imidazole rings is 1.